The van der Waals surface area contributed by atoms with Crippen molar-refractivity contribution in [2.24, 2.45) is 11.7 Å². The van der Waals surface area contributed by atoms with Crippen LogP contribution in [0.1, 0.15) is 26.2 Å². The maximum atomic E-state index is 10.5. The van der Waals surface area contributed by atoms with E-state index < -0.39 is 0 Å². The minimum Gasteiger partial charge on any atom is -0.369 e. The first-order chi connectivity index (χ1) is 5.76. The van der Waals surface area contributed by atoms with Crippen molar-refractivity contribution in [3.8, 4) is 0 Å². The van der Waals surface area contributed by atoms with Gasteiger partial charge >= 0.3 is 0 Å². The minimum atomic E-state index is -0.219. The standard InChI is InChI=1S/C9H17NO2/c1-2-7-3-8(10)6-12-9(4-7)5-11/h5,7-9H,2-4,6,10H2,1H3/t7-,8?,9-/m0/s1. The molecule has 1 rings (SSSR count). The highest BCUT2D eigenvalue weighted by Crippen LogP contribution is 2.21. The molecule has 0 radical (unpaired) electrons. The molecular weight excluding hydrogens is 154 g/mol. The lowest BCUT2D eigenvalue weighted by molar-refractivity contribution is -0.118. The maximum absolute atomic E-state index is 10.5. The van der Waals surface area contributed by atoms with Crippen molar-refractivity contribution >= 4 is 6.29 Å². The number of ether oxygens (including phenoxy) is 1. The molecule has 0 amide bonds. The highest BCUT2D eigenvalue weighted by Gasteiger charge is 2.22. The van der Waals surface area contributed by atoms with Crippen LogP contribution >= 0.6 is 0 Å². The van der Waals surface area contributed by atoms with E-state index in [-0.39, 0.29) is 12.1 Å². The lowest BCUT2D eigenvalue weighted by Gasteiger charge is -2.13. The summed E-state index contributed by atoms with van der Waals surface area (Å²) < 4.78 is 5.30. The first-order valence-corrected chi connectivity index (χ1v) is 4.58. The summed E-state index contributed by atoms with van der Waals surface area (Å²) in [7, 11) is 0. The van der Waals surface area contributed by atoms with E-state index in [2.05, 4.69) is 6.92 Å². The summed E-state index contributed by atoms with van der Waals surface area (Å²) in [5, 5.41) is 0. The van der Waals surface area contributed by atoms with Crippen molar-refractivity contribution in [3.05, 3.63) is 0 Å². The van der Waals surface area contributed by atoms with Crippen LogP contribution < -0.4 is 5.73 Å². The van der Waals surface area contributed by atoms with Gasteiger partial charge in [0.05, 0.1) is 6.61 Å². The third-order valence-electron chi connectivity index (χ3n) is 2.46. The normalized spacial score (nSPS) is 37.3. The molecule has 1 aliphatic heterocycles. The SMILES string of the molecule is CC[C@H]1CC(N)CO[C@H](C=O)C1. The maximum Gasteiger partial charge on any atom is 0.148 e. The molecule has 1 saturated heterocycles. The van der Waals surface area contributed by atoms with Gasteiger partial charge < -0.3 is 15.3 Å². The molecule has 0 aliphatic carbocycles. The van der Waals surface area contributed by atoms with E-state index >= 15 is 0 Å². The molecule has 0 bridgehead atoms. The molecule has 1 aliphatic rings. The third-order valence-corrected chi connectivity index (χ3v) is 2.46. The molecule has 3 atom stereocenters. The first-order valence-electron chi connectivity index (χ1n) is 4.58. The van der Waals surface area contributed by atoms with Gasteiger partial charge in [0, 0.05) is 6.04 Å². The van der Waals surface area contributed by atoms with E-state index in [9.17, 15) is 4.79 Å². The van der Waals surface area contributed by atoms with Crippen LogP contribution in [0.25, 0.3) is 0 Å². The molecule has 12 heavy (non-hydrogen) atoms. The predicted molar refractivity (Wildman–Crippen MR) is 46.8 cm³/mol. The Hall–Kier alpha value is -0.410. The van der Waals surface area contributed by atoms with Gasteiger partial charge in [-0.1, -0.05) is 13.3 Å². The summed E-state index contributed by atoms with van der Waals surface area (Å²) in [6.07, 6.45) is 3.58. The van der Waals surface area contributed by atoms with Crippen molar-refractivity contribution in [1.82, 2.24) is 0 Å². The van der Waals surface area contributed by atoms with E-state index in [1.54, 1.807) is 0 Å². The molecule has 3 heteroatoms. The van der Waals surface area contributed by atoms with Crippen molar-refractivity contribution in [3.63, 3.8) is 0 Å². The summed E-state index contributed by atoms with van der Waals surface area (Å²) in [4.78, 5) is 10.5. The number of aldehydes is 1. The highest BCUT2D eigenvalue weighted by atomic mass is 16.5. The summed E-state index contributed by atoms with van der Waals surface area (Å²) >= 11 is 0. The fraction of sp³-hybridized carbons (Fsp3) is 0.889. The number of carbonyl (C=O) groups excluding carboxylic acids is 1. The fourth-order valence-corrected chi connectivity index (χ4v) is 1.66. The van der Waals surface area contributed by atoms with Crippen LogP contribution in [0, 0.1) is 5.92 Å². The zero-order valence-corrected chi connectivity index (χ0v) is 7.53. The number of carbonyl (C=O) groups is 1. The monoisotopic (exact) mass is 171 g/mol. The Morgan fingerprint density at radius 2 is 2.33 bits per heavy atom. The number of rotatable bonds is 2. The van der Waals surface area contributed by atoms with Crippen molar-refractivity contribution in [2.75, 3.05) is 6.61 Å². The molecule has 0 aromatic carbocycles. The predicted octanol–water partition coefficient (Wildman–Crippen LogP) is 0.718. The van der Waals surface area contributed by atoms with Crippen LogP contribution in [0.4, 0.5) is 0 Å². The second kappa shape index (κ2) is 4.58. The third kappa shape index (κ3) is 2.57. The van der Waals surface area contributed by atoms with Gasteiger partial charge in [-0.25, -0.2) is 0 Å². The summed E-state index contributed by atoms with van der Waals surface area (Å²) in [6.45, 7) is 2.66. The highest BCUT2D eigenvalue weighted by molar-refractivity contribution is 5.56. The number of hydrogen-bond donors (Lipinski definition) is 1. The molecule has 1 unspecified atom stereocenters. The van der Waals surface area contributed by atoms with Gasteiger partial charge in [0.15, 0.2) is 0 Å². The quantitative estimate of drug-likeness (QED) is 0.623. The minimum absolute atomic E-state index is 0.111. The lowest BCUT2D eigenvalue weighted by atomic mass is 9.94. The largest absolute Gasteiger partial charge is 0.369 e. The van der Waals surface area contributed by atoms with Gasteiger partial charge in [-0.2, -0.15) is 0 Å². The Kier molecular flexibility index (Phi) is 3.69. The van der Waals surface area contributed by atoms with Gasteiger partial charge in [0.2, 0.25) is 0 Å². The summed E-state index contributed by atoms with van der Waals surface area (Å²) in [5.74, 6) is 0.553. The average molecular weight is 171 g/mol. The number of nitrogens with two attached hydrogens (primary N) is 1. The van der Waals surface area contributed by atoms with Gasteiger partial charge in [-0.3, -0.25) is 0 Å². The van der Waals surface area contributed by atoms with E-state index in [1.807, 2.05) is 0 Å². The van der Waals surface area contributed by atoms with E-state index in [0.717, 1.165) is 25.5 Å². The van der Waals surface area contributed by atoms with E-state index in [4.69, 9.17) is 10.5 Å². The molecule has 0 aromatic heterocycles. The molecule has 70 valence electrons. The average Bonchev–Trinajstić information content (AvgIpc) is 2.26. The van der Waals surface area contributed by atoms with Crippen LogP contribution in [0.15, 0.2) is 0 Å². The first kappa shape index (κ1) is 9.68. The van der Waals surface area contributed by atoms with Crippen LogP contribution in [0.5, 0.6) is 0 Å². The van der Waals surface area contributed by atoms with Gasteiger partial charge in [0.1, 0.15) is 12.4 Å². The second-order valence-corrected chi connectivity index (χ2v) is 3.51. The Morgan fingerprint density at radius 1 is 1.58 bits per heavy atom. The Morgan fingerprint density at radius 3 is 2.92 bits per heavy atom. The summed E-state index contributed by atoms with van der Waals surface area (Å²) in [6, 6.07) is 0.111. The van der Waals surface area contributed by atoms with Gasteiger partial charge in [-0.15, -0.1) is 0 Å². The van der Waals surface area contributed by atoms with Crippen LogP contribution in [-0.2, 0) is 9.53 Å². The molecule has 2 N–H and O–H groups in total. The smallest absolute Gasteiger partial charge is 0.148 e. The van der Waals surface area contributed by atoms with Crippen molar-refractivity contribution in [2.45, 2.75) is 38.3 Å². The number of hydrogen-bond acceptors (Lipinski definition) is 3. The summed E-state index contributed by atoms with van der Waals surface area (Å²) in [5.41, 5.74) is 5.78. The topological polar surface area (TPSA) is 52.3 Å². The fourth-order valence-electron chi connectivity index (χ4n) is 1.66. The Bertz CT molecular complexity index is 149. The van der Waals surface area contributed by atoms with Crippen molar-refractivity contribution < 1.29 is 9.53 Å². The van der Waals surface area contributed by atoms with Crippen LogP contribution in [-0.4, -0.2) is 25.0 Å². The molecule has 0 aromatic rings. The van der Waals surface area contributed by atoms with E-state index in [1.165, 1.54) is 0 Å². The van der Waals surface area contributed by atoms with Gasteiger partial charge in [-0.05, 0) is 18.8 Å². The molecule has 3 nitrogen and oxygen atoms in total. The second-order valence-electron chi connectivity index (χ2n) is 3.51. The zero-order chi connectivity index (χ0) is 8.97. The Labute approximate surface area is 73.3 Å². The molecule has 1 fully saturated rings. The van der Waals surface area contributed by atoms with Crippen LogP contribution in [0.2, 0.25) is 0 Å². The van der Waals surface area contributed by atoms with Gasteiger partial charge in [0.25, 0.3) is 0 Å². The van der Waals surface area contributed by atoms with Crippen LogP contribution in [0.3, 0.4) is 0 Å². The van der Waals surface area contributed by atoms with E-state index in [0.29, 0.717) is 12.5 Å². The zero-order valence-electron chi connectivity index (χ0n) is 7.53. The van der Waals surface area contributed by atoms with Crippen molar-refractivity contribution in [1.29, 1.82) is 0 Å². The molecule has 0 spiro atoms. The Balaban J connectivity index is 2.48. The molecule has 1 heterocycles. The molecule has 0 saturated carbocycles. The molecular formula is C9H17NO2. The lowest BCUT2D eigenvalue weighted by Crippen LogP contribution is -2.26.